The molecule has 1 amide bonds. The molecule has 31 heavy (non-hydrogen) atoms. The van der Waals surface area contributed by atoms with Crippen molar-refractivity contribution < 1.29 is 23.0 Å². The van der Waals surface area contributed by atoms with E-state index in [4.69, 9.17) is 4.74 Å². The van der Waals surface area contributed by atoms with Gasteiger partial charge in [0.15, 0.2) is 0 Å². The van der Waals surface area contributed by atoms with Gasteiger partial charge in [-0.2, -0.15) is 8.78 Å². The van der Waals surface area contributed by atoms with Gasteiger partial charge in [-0.25, -0.2) is 9.67 Å². The van der Waals surface area contributed by atoms with E-state index in [0.717, 1.165) is 18.7 Å². The largest absolute Gasteiger partial charge is 0.435 e. The summed E-state index contributed by atoms with van der Waals surface area (Å²) in [7, 11) is 0. The molecule has 2 heterocycles. The number of nitrogens with one attached hydrogen (secondary N) is 2. The van der Waals surface area contributed by atoms with Gasteiger partial charge in [0.25, 0.3) is 5.91 Å². The van der Waals surface area contributed by atoms with Gasteiger partial charge in [0, 0.05) is 18.8 Å². The lowest BCUT2D eigenvalue weighted by molar-refractivity contribution is -0.0498. The van der Waals surface area contributed by atoms with Gasteiger partial charge in [0.05, 0.1) is 18.4 Å². The van der Waals surface area contributed by atoms with Crippen LogP contribution in [0.25, 0.3) is 5.69 Å². The summed E-state index contributed by atoms with van der Waals surface area (Å²) in [5.74, 6) is -0.453. The fraction of sp³-hybridized carbons (Fsp3) is 0.250. The maximum absolute atomic E-state index is 12.4. The first-order valence-electron chi connectivity index (χ1n) is 9.29. The van der Waals surface area contributed by atoms with Crippen molar-refractivity contribution in [2.45, 2.75) is 12.7 Å². The van der Waals surface area contributed by atoms with Crippen LogP contribution in [-0.4, -0.2) is 47.0 Å². The highest BCUT2D eigenvalue weighted by molar-refractivity contribution is 6.01. The van der Waals surface area contributed by atoms with E-state index in [1.807, 2.05) is 12.1 Å². The van der Waals surface area contributed by atoms with Gasteiger partial charge in [-0.3, -0.25) is 4.79 Å². The molecule has 2 aromatic carbocycles. The maximum Gasteiger partial charge on any atom is 0.387 e. The van der Waals surface area contributed by atoms with Crippen LogP contribution < -0.4 is 15.4 Å². The van der Waals surface area contributed by atoms with Crippen LogP contribution in [0.3, 0.4) is 0 Å². The number of rotatable bonds is 6. The summed E-state index contributed by atoms with van der Waals surface area (Å²) in [5, 5.41) is 10.2. The van der Waals surface area contributed by atoms with Gasteiger partial charge in [-0.15, -0.1) is 17.5 Å². The molecule has 0 spiro atoms. The van der Waals surface area contributed by atoms with Crippen LogP contribution in [0.4, 0.5) is 14.5 Å². The Labute approximate surface area is 183 Å². The number of ether oxygens (including phenoxy) is 2. The standard InChI is InChI=1S/C20H19F2N5O3.ClH/c21-20(22)30-16-7-5-15(6-8-16)27-12-24-18(26-27)19(28)25-14-3-1-13(2-4-14)17-11-23-9-10-29-17;/h1-8,12,17,20,23H,9-11H2,(H,25,28);1H. The molecule has 1 aliphatic heterocycles. The van der Waals surface area contributed by atoms with Crippen molar-refractivity contribution >= 4 is 24.0 Å². The second-order valence-corrected chi connectivity index (χ2v) is 6.52. The first-order valence-corrected chi connectivity index (χ1v) is 9.29. The second kappa shape index (κ2) is 10.3. The summed E-state index contributed by atoms with van der Waals surface area (Å²) in [6.45, 7) is -0.627. The Kier molecular flexibility index (Phi) is 7.50. The summed E-state index contributed by atoms with van der Waals surface area (Å²) in [6.07, 6.45) is 1.37. The normalized spacial score (nSPS) is 15.9. The average Bonchev–Trinajstić information content (AvgIpc) is 3.25. The monoisotopic (exact) mass is 451 g/mol. The molecular weight excluding hydrogens is 432 g/mol. The Balaban J connectivity index is 0.00000272. The second-order valence-electron chi connectivity index (χ2n) is 6.52. The minimum Gasteiger partial charge on any atom is -0.435 e. The number of hydrogen-bond donors (Lipinski definition) is 2. The zero-order chi connectivity index (χ0) is 20.9. The van der Waals surface area contributed by atoms with Crippen molar-refractivity contribution in [2.75, 3.05) is 25.0 Å². The lowest BCUT2D eigenvalue weighted by atomic mass is 10.1. The third kappa shape index (κ3) is 5.75. The number of halogens is 3. The number of carbonyl (C=O) groups excluding carboxylic acids is 1. The van der Waals surface area contributed by atoms with E-state index in [1.165, 1.54) is 35.3 Å². The number of benzene rings is 2. The zero-order valence-corrected chi connectivity index (χ0v) is 17.0. The van der Waals surface area contributed by atoms with Gasteiger partial charge < -0.3 is 20.1 Å². The molecule has 2 N–H and O–H groups in total. The molecule has 0 radical (unpaired) electrons. The summed E-state index contributed by atoms with van der Waals surface area (Å²) >= 11 is 0. The van der Waals surface area contributed by atoms with Crippen LogP contribution in [0.15, 0.2) is 54.9 Å². The number of hydrogen-bond acceptors (Lipinski definition) is 6. The lowest BCUT2D eigenvalue weighted by Crippen LogP contribution is -2.33. The summed E-state index contributed by atoms with van der Waals surface area (Å²) < 4.78 is 35.8. The molecule has 1 aliphatic rings. The van der Waals surface area contributed by atoms with Crippen molar-refractivity contribution in [2.24, 2.45) is 0 Å². The van der Waals surface area contributed by atoms with Crippen molar-refractivity contribution in [3.05, 3.63) is 66.2 Å². The number of anilines is 1. The number of aromatic nitrogens is 3. The van der Waals surface area contributed by atoms with E-state index < -0.39 is 12.5 Å². The predicted molar refractivity (Wildman–Crippen MR) is 111 cm³/mol. The topological polar surface area (TPSA) is 90.3 Å². The molecular formula is C20H20ClF2N5O3. The van der Waals surface area contributed by atoms with E-state index in [2.05, 4.69) is 25.5 Å². The molecule has 164 valence electrons. The van der Waals surface area contributed by atoms with E-state index >= 15 is 0 Å². The van der Waals surface area contributed by atoms with Crippen molar-refractivity contribution in [3.8, 4) is 11.4 Å². The minimum atomic E-state index is -2.89. The Morgan fingerprint density at radius 3 is 2.58 bits per heavy atom. The minimum absolute atomic E-state index is 0. The highest BCUT2D eigenvalue weighted by atomic mass is 35.5. The Hall–Kier alpha value is -3.08. The molecule has 11 heteroatoms. The molecule has 0 saturated carbocycles. The number of morpholine rings is 1. The molecule has 1 saturated heterocycles. The summed E-state index contributed by atoms with van der Waals surface area (Å²) in [4.78, 5) is 16.4. The smallest absolute Gasteiger partial charge is 0.387 e. The van der Waals surface area contributed by atoms with Crippen molar-refractivity contribution in [1.29, 1.82) is 0 Å². The number of alkyl halides is 2. The molecule has 1 atom stereocenters. The molecule has 0 bridgehead atoms. The highest BCUT2D eigenvalue weighted by Gasteiger charge is 2.16. The number of carbonyl (C=O) groups is 1. The average molecular weight is 452 g/mol. The fourth-order valence-corrected chi connectivity index (χ4v) is 3.02. The van der Waals surface area contributed by atoms with Crippen LogP contribution in [0.5, 0.6) is 5.75 Å². The first-order chi connectivity index (χ1) is 14.6. The zero-order valence-electron chi connectivity index (χ0n) is 16.2. The molecule has 1 unspecified atom stereocenters. The van der Waals surface area contributed by atoms with E-state index in [0.29, 0.717) is 18.0 Å². The van der Waals surface area contributed by atoms with Gasteiger partial charge >= 0.3 is 6.61 Å². The van der Waals surface area contributed by atoms with Gasteiger partial charge in [-0.05, 0) is 42.0 Å². The third-order valence-electron chi connectivity index (χ3n) is 4.49. The predicted octanol–water partition coefficient (Wildman–Crippen LogP) is 3.20. The van der Waals surface area contributed by atoms with Crippen LogP contribution in [-0.2, 0) is 4.74 Å². The molecule has 1 aromatic heterocycles. The highest BCUT2D eigenvalue weighted by Crippen LogP contribution is 2.21. The van der Waals surface area contributed by atoms with Crippen LogP contribution in [0.1, 0.15) is 22.3 Å². The number of amides is 1. The van der Waals surface area contributed by atoms with Crippen LogP contribution in [0.2, 0.25) is 0 Å². The molecule has 1 fully saturated rings. The summed E-state index contributed by atoms with van der Waals surface area (Å²) in [6, 6.07) is 13.2. The van der Waals surface area contributed by atoms with Crippen molar-refractivity contribution in [3.63, 3.8) is 0 Å². The number of nitrogens with zero attached hydrogens (tertiary/aromatic N) is 3. The first kappa shape index (κ1) is 22.6. The molecule has 3 aromatic rings. The van der Waals surface area contributed by atoms with Crippen LogP contribution >= 0.6 is 12.4 Å². The molecule has 0 aliphatic carbocycles. The van der Waals surface area contributed by atoms with Gasteiger partial charge in [0.2, 0.25) is 5.82 Å². The quantitative estimate of drug-likeness (QED) is 0.598. The van der Waals surface area contributed by atoms with Gasteiger partial charge in [-0.1, -0.05) is 12.1 Å². The van der Waals surface area contributed by atoms with E-state index in [1.54, 1.807) is 12.1 Å². The van der Waals surface area contributed by atoms with E-state index in [-0.39, 0.29) is 30.1 Å². The van der Waals surface area contributed by atoms with Crippen LogP contribution in [0, 0.1) is 0 Å². The SMILES string of the molecule is Cl.O=C(Nc1ccc(C2CNCCO2)cc1)c1ncn(-c2ccc(OC(F)F)cc2)n1. The lowest BCUT2D eigenvalue weighted by Gasteiger charge is -2.24. The Morgan fingerprint density at radius 2 is 1.94 bits per heavy atom. The van der Waals surface area contributed by atoms with E-state index in [9.17, 15) is 13.6 Å². The summed E-state index contributed by atoms with van der Waals surface area (Å²) in [5.41, 5.74) is 2.19. The maximum atomic E-state index is 12.4. The van der Waals surface area contributed by atoms with Crippen molar-refractivity contribution in [1.82, 2.24) is 20.1 Å². The Morgan fingerprint density at radius 1 is 1.19 bits per heavy atom. The third-order valence-corrected chi connectivity index (χ3v) is 4.49. The fourth-order valence-electron chi connectivity index (χ4n) is 3.02. The molecule has 4 rings (SSSR count). The van der Waals surface area contributed by atoms with Gasteiger partial charge in [0.1, 0.15) is 12.1 Å². The molecule has 8 nitrogen and oxygen atoms in total. The Bertz CT molecular complexity index is 993.